The van der Waals surface area contributed by atoms with Crippen molar-refractivity contribution in [2.75, 3.05) is 5.32 Å². The van der Waals surface area contributed by atoms with Crippen LogP contribution >= 0.6 is 11.6 Å². The number of carbonyl (C=O) groups is 1. The van der Waals surface area contributed by atoms with Gasteiger partial charge in [-0.25, -0.2) is 0 Å². The summed E-state index contributed by atoms with van der Waals surface area (Å²) in [5.74, 6) is 0.189. The van der Waals surface area contributed by atoms with Crippen LogP contribution in [0.1, 0.15) is 12.5 Å². The van der Waals surface area contributed by atoms with Crippen molar-refractivity contribution in [3.8, 4) is 11.8 Å². The van der Waals surface area contributed by atoms with Crippen LogP contribution in [0.4, 0.5) is 5.69 Å². The molecule has 0 bridgehead atoms. The first-order valence-electron chi connectivity index (χ1n) is 7.59. The first kappa shape index (κ1) is 16.7. The third-order valence-electron chi connectivity index (χ3n) is 3.59. The minimum Gasteiger partial charge on any atom is -0.481 e. The molecule has 0 aliphatic carbocycles. The number of anilines is 1. The molecule has 1 amide bonds. The third kappa shape index (κ3) is 3.87. The SMILES string of the molecule is CC(Oc1ccc(C#N)cc1)C(=O)Nc1cc(Cl)cc2cccnc12. The van der Waals surface area contributed by atoms with Crippen LogP contribution in [0.5, 0.6) is 5.75 Å². The molecule has 0 radical (unpaired) electrons. The average molecular weight is 352 g/mol. The normalized spacial score (nSPS) is 11.6. The Labute approximate surface area is 149 Å². The van der Waals surface area contributed by atoms with Crippen molar-refractivity contribution in [3.05, 3.63) is 65.3 Å². The molecule has 124 valence electrons. The number of fused-ring (bicyclic) bond motifs is 1. The lowest BCUT2D eigenvalue weighted by Crippen LogP contribution is -2.30. The van der Waals surface area contributed by atoms with E-state index in [0.717, 1.165) is 5.39 Å². The molecule has 0 saturated carbocycles. The van der Waals surface area contributed by atoms with Crippen LogP contribution in [-0.2, 0) is 4.79 Å². The highest BCUT2D eigenvalue weighted by Crippen LogP contribution is 2.26. The van der Waals surface area contributed by atoms with E-state index in [-0.39, 0.29) is 5.91 Å². The van der Waals surface area contributed by atoms with E-state index in [2.05, 4.69) is 10.3 Å². The van der Waals surface area contributed by atoms with Crippen LogP contribution in [0.3, 0.4) is 0 Å². The molecule has 0 saturated heterocycles. The van der Waals surface area contributed by atoms with Gasteiger partial charge in [0.2, 0.25) is 0 Å². The van der Waals surface area contributed by atoms with Crippen molar-refractivity contribution in [2.24, 2.45) is 0 Å². The van der Waals surface area contributed by atoms with Gasteiger partial charge in [0.05, 0.1) is 22.8 Å². The average Bonchev–Trinajstić information content (AvgIpc) is 2.62. The predicted octanol–water partition coefficient (Wildman–Crippen LogP) is 4.17. The number of halogens is 1. The van der Waals surface area contributed by atoms with Crippen LogP contribution < -0.4 is 10.1 Å². The number of nitrogens with one attached hydrogen (secondary N) is 1. The number of pyridine rings is 1. The van der Waals surface area contributed by atoms with Gasteiger partial charge in [-0.1, -0.05) is 17.7 Å². The molecule has 1 atom stereocenters. The molecule has 3 rings (SSSR count). The molecule has 1 heterocycles. The van der Waals surface area contributed by atoms with E-state index in [1.807, 2.05) is 12.1 Å². The van der Waals surface area contributed by atoms with Crippen LogP contribution in [0, 0.1) is 11.3 Å². The Bertz CT molecular complexity index is 965. The fraction of sp³-hybridized carbons (Fsp3) is 0.105. The number of benzene rings is 2. The zero-order valence-corrected chi connectivity index (χ0v) is 14.1. The van der Waals surface area contributed by atoms with Crippen molar-refractivity contribution < 1.29 is 9.53 Å². The van der Waals surface area contributed by atoms with Crippen LogP contribution in [0.25, 0.3) is 10.9 Å². The van der Waals surface area contributed by atoms with Crippen LogP contribution in [0.2, 0.25) is 5.02 Å². The first-order valence-corrected chi connectivity index (χ1v) is 7.96. The van der Waals surface area contributed by atoms with Gasteiger partial charge in [0.25, 0.3) is 5.91 Å². The van der Waals surface area contributed by atoms with E-state index in [0.29, 0.717) is 27.5 Å². The number of rotatable bonds is 4. The Balaban J connectivity index is 1.76. The van der Waals surface area contributed by atoms with Gasteiger partial charge in [-0.05, 0) is 49.4 Å². The maximum Gasteiger partial charge on any atom is 0.265 e. The summed E-state index contributed by atoms with van der Waals surface area (Å²) in [6, 6.07) is 15.7. The molecular weight excluding hydrogens is 338 g/mol. The van der Waals surface area contributed by atoms with E-state index in [9.17, 15) is 4.79 Å². The lowest BCUT2D eigenvalue weighted by Gasteiger charge is -2.15. The summed E-state index contributed by atoms with van der Waals surface area (Å²) in [6.07, 6.45) is 0.924. The summed E-state index contributed by atoms with van der Waals surface area (Å²) in [7, 11) is 0. The van der Waals surface area contributed by atoms with Gasteiger partial charge in [-0.15, -0.1) is 0 Å². The second-order valence-electron chi connectivity index (χ2n) is 5.41. The maximum absolute atomic E-state index is 12.4. The molecule has 0 aliphatic rings. The standard InChI is InChI=1S/C19H14ClN3O2/c1-12(25-16-6-4-13(11-21)5-7-16)19(24)23-17-10-15(20)9-14-3-2-8-22-18(14)17/h2-10,12H,1H3,(H,23,24). The maximum atomic E-state index is 12.4. The van der Waals surface area contributed by atoms with Gasteiger partial charge < -0.3 is 10.1 Å². The molecule has 0 aliphatic heterocycles. The highest BCUT2D eigenvalue weighted by Gasteiger charge is 2.17. The highest BCUT2D eigenvalue weighted by molar-refractivity contribution is 6.32. The monoisotopic (exact) mass is 351 g/mol. The molecule has 1 unspecified atom stereocenters. The smallest absolute Gasteiger partial charge is 0.265 e. The minimum absolute atomic E-state index is 0.321. The summed E-state index contributed by atoms with van der Waals surface area (Å²) >= 11 is 6.11. The summed E-state index contributed by atoms with van der Waals surface area (Å²) < 4.78 is 5.62. The van der Waals surface area contributed by atoms with E-state index in [1.165, 1.54) is 0 Å². The van der Waals surface area contributed by atoms with Gasteiger partial charge in [-0.2, -0.15) is 5.26 Å². The van der Waals surface area contributed by atoms with Crippen molar-refractivity contribution in [3.63, 3.8) is 0 Å². The molecule has 1 aromatic heterocycles. The highest BCUT2D eigenvalue weighted by atomic mass is 35.5. The molecule has 0 fully saturated rings. The van der Waals surface area contributed by atoms with E-state index in [1.54, 1.807) is 55.6 Å². The Morgan fingerprint density at radius 1 is 1.28 bits per heavy atom. The molecule has 1 N–H and O–H groups in total. The fourth-order valence-corrected chi connectivity index (χ4v) is 2.58. The first-order chi connectivity index (χ1) is 12.1. The minimum atomic E-state index is -0.731. The van der Waals surface area contributed by atoms with Gasteiger partial charge in [0.1, 0.15) is 5.75 Å². The Morgan fingerprint density at radius 2 is 2.04 bits per heavy atom. The number of amides is 1. The molecule has 5 nitrogen and oxygen atoms in total. The van der Waals surface area contributed by atoms with E-state index >= 15 is 0 Å². The zero-order valence-electron chi connectivity index (χ0n) is 13.4. The number of hydrogen-bond donors (Lipinski definition) is 1. The summed E-state index contributed by atoms with van der Waals surface area (Å²) in [4.78, 5) is 16.7. The lowest BCUT2D eigenvalue weighted by molar-refractivity contribution is -0.122. The Hall–Kier alpha value is -3.10. The Kier molecular flexibility index (Phi) is 4.82. The third-order valence-corrected chi connectivity index (χ3v) is 3.81. The summed E-state index contributed by atoms with van der Waals surface area (Å²) in [5.41, 5.74) is 1.72. The fourth-order valence-electron chi connectivity index (χ4n) is 2.35. The van der Waals surface area contributed by atoms with Gasteiger partial charge >= 0.3 is 0 Å². The molecular formula is C19H14ClN3O2. The molecule has 2 aromatic carbocycles. The van der Waals surface area contributed by atoms with Gasteiger partial charge in [-0.3, -0.25) is 9.78 Å². The number of aromatic nitrogens is 1. The van der Waals surface area contributed by atoms with Crippen molar-refractivity contribution in [1.29, 1.82) is 5.26 Å². The Morgan fingerprint density at radius 3 is 2.76 bits per heavy atom. The number of ether oxygens (including phenoxy) is 1. The van der Waals surface area contributed by atoms with Crippen molar-refractivity contribution >= 4 is 34.1 Å². The molecule has 0 spiro atoms. The second-order valence-corrected chi connectivity index (χ2v) is 5.85. The van der Waals surface area contributed by atoms with E-state index < -0.39 is 6.10 Å². The summed E-state index contributed by atoms with van der Waals surface area (Å²) in [6.45, 7) is 1.65. The van der Waals surface area contributed by atoms with Crippen molar-refractivity contribution in [1.82, 2.24) is 4.98 Å². The lowest BCUT2D eigenvalue weighted by atomic mass is 10.2. The molecule has 25 heavy (non-hydrogen) atoms. The second kappa shape index (κ2) is 7.20. The topological polar surface area (TPSA) is 75.0 Å². The number of hydrogen-bond acceptors (Lipinski definition) is 4. The van der Waals surface area contributed by atoms with Crippen molar-refractivity contribution in [2.45, 2.75) is 13.0 Å². The largest absolute Gasteiger partial charge is 0.481 e. The van der Waals surface area contributed by atoms with Gasteiger partial charge in [0, 0.05) is 16.6 Å². The number of nitriles is 1. The molecule has 3 aromatic rings. The zero-order chi connectivity index (χ0) is 17.8. The van der Waals surface area contributed by atoms with Gasteiger partial charge in [0.15, 0.2) is 6.10 Å². The van der Waals surface area contributed by atoms with E-state index in [4.69, 9.17) is 21.6 Å². The van der Waals surface area contributed by atoms with Crippen LogP contribution in [0.15, 0.2) is 54.7 Å². The molecule has 6 heteroatoms. The van der Waals surface area contributed by atoms with Crippen LogP contribution in [-0.4, -0.2) is 17.0 Å². The number of nitrogens with zero attached hydrogens (tertiary/aromatic N) is 2. The quantitative estimate of drug-likeness (QED) is 0.765. The predicted molar refractivity (Wildman–Crippen MR) is 96.6 cm³/mol. The number of carbonyl (C=O) groups excluding carboxylic acids is 1. The summed E-state index contributed by atoms with van der Waals surface area (Å²) in [5, 5.41) is 13.0.